The third-order valence-corrected chi connectivity index (χ3v) is 8.20. The second-order valence-electron chi connectivity index (χ2n) is 9.89. The number of rotatable bonds is 26. The summed E-state index contributed by atoms with van der Waals surface area (Å²) >= 11 is 0. The van der Waals surface area contributed by atoms with Crippen LogP contribution in [0.3, 0.4) is 0 Å². The molecular formula is C28H59O4P. The molecule has 0 saturated heterocycles. The Labute approximate surface area is 207 Å². The van der Waals surface area contributed by atoms with Crippen molar-refractivity contribution < 1.29 is 18.1 Å². The molecule has 0 bridgehead atoms. The maximum absolute atomic E-state index is 13.4. The van der Waals surface area contributed by atoms with Gasteiger partial charge in [-0.15, -0.1) is 0 Å². The summed E-state index contributed by atoms with van der Waals surface area (Å²) in [7, 11) is -3.49. The van der Waals surface area contributed by atoms with Gasteiger partial charge in [-0.3, -0.25) is 13.6 Å². The molecule has 0 radical (unpaired) electrons. The Morgan fingerprint density at radius 2 is 0.909 bits per heavy atom. The first kappa shape index (κ1) is 33.1. The molecule has 0 aliphatic heterocycles. The minimum atomic E-state index is -3.49. The van der Waals surface area contributed by atoms with Crippen molar-refractivity contribution >= 4 is 7.82 Å². The van der Waals surface area contributed by atoms with Crippen LogP contribution in [-0.4, -0.2) is 19.8 Å². The first-order valence-corrected chi connectivity index (χ1v) is 16.0. The molecule has 2 atom stereocenters. The Morgan fingerprint density at radius 1 is 0.515 bits per heavy atom. The normalized spacial score (nSPS) is 15.4. The van der Waals surface area contributed by atoms with Crippen molar-refractivity contribution in [3.05, 3.63) is 0 Å². The molecular weight excluding hydrogens is 431 g/mol. The molecule has 0 fully saturated rings. The molecule has 5 heteroatoms. The molecule has 0 N–H and O–H groups in total. The number of phosphoric ester groups is 1. The summed E-state index contributed by atoms with van der Waals surface area (Å²) < 4.78 is 31.0. The van der Waals surface area contributed by atoms with Crippen LogP contribution in [0.2, 0.25) is 0 Å². The molecule has 0 aromatic rings. The van der Waals surface area contributed by atoms with Crippen LogP contribution in [0.1, 0.15) is 150 Å². The lowest BCUT2D eigenvalue weighted by atomic mass is 10.0. The number of hydrogen-bond acceptors (Lipinski definition) is 4. The SMILES string of the molecule is CCCCCCCCCCCCOP(=O)(OCC(CC)CCCC)OCC(CC)CCCC. The van der Waals surface area contributed by atoms with Gasteiger partial charge in [-0.05, 0) is 31.1 Å². The Bertz CT molecular complexity index is 420. The quantitative estimate of drug-likeness (QED) is 0.0893. The van der Waals surface area contributed by atoms with E-state index in [1.807, 2.05) is 0 Å². The van der Waals surface area contributed by atoms with E-state index < -0.39 is 7.82 Å². The molecule has 0 aromatic carbocycles. The summed E-state index contributed by atoms with van der Waals surface area (Å²) in [5.41, 5.74) is 0. The van der Waals surface area contributed by atoms with Gasteiger partial charge in [0.05, 0.1) is 19.8 Å². The molecule has 4 nitrogen and oxygen atoms in total. The van der Waals surface area contributed by atoms with Crippen LogP contribution >= 0.6 is 7.82 Å². The zero-order chi connectivity index (χ0) is 24.6. The predicted molar refractivity (Wildman–Crippen MR) is 144 cm³/mol. The molecule has 0 aliphatic carbocycles. The molecule has 2 unspecified atom stereocenters. The van der Waals surface area contributed by atoms with E-state index in [-0.39, 0.29) is 0 Å². The summed E-state index contributed by atoms with van der Waals surface area (Å²) in [6.07, 6.45) is 21.7. The fourth-order valence-corrected chi connectivity index (χ4v) is 5.43. The summed E-state index contributed by atoms with van der Waals surface area (Å²) in [4.78, 5) is 0. The monoisotopic (exact) mass is 490 g/mol. The maximum Gasteiger partial charge on any atom is 0.474 e. The number of hydrogen-bond donors (Lipinski definition) is 0. The second kappa shape index (κ2) is 23.8. The predicted octanol–water partition coefficient (Wildman–Crippen LogP) is 10.5. The maximum atomic E-state index is 13.4. The Balaban J connectivity index is 4.41. The molecule has 200 valence electrons. The average Bonchev–Trinajstić information content (AvgIpc) is 2.83. The lowest BCUT2D eigenvalue weighted by Crippen LogP contribution is -2.14. The largest absolute Gasteiger partial charge is 0.474 e. The lowest BCUT2D eigenvalue weighted by Gasteiger charge is -2.23. The van der Waals surface area contributed by atoms with Crippen molar-refractivity contribution in [2.75, 3.05) is 19.8 Å². The van der Waals surface area contributed by atoms with Gasteiger partial charge >= 0.3 is 7.82 Å². The highest BCUT2D eigenvalue weighted by Crippen LogP contribution is 2.50. The first-order chi connectivity index (χ1) is 16.0. The van der Waals surface area contributed by atoms with Gasteiger partial charge in [-0.1, -0.05) is 131 Å². The van der Waals surface area contributed by atoms with Crippen LogP contribution < -0.4 is 0 Å². The zero-order valence-corrected chi connectivity index (χ0v) is 24.0. The minimum absolute atomic E-state index is 0.421. The molecule has 0 aromatic heterocycles. The fourth-order valence-electron chi connectivity index (χ4n) is 4.07. The smallest absolute Gasteiger partial charge is 0.287 e. The fraction of sp³-hybridized carbons (Fsp3) is 1.00. The summed E-state index contributed by atoms with van der Waals surface area (Å²) in [5, 5.41) is 0. The second-order valence-corrected chi connectivity index (χ2v) is 11.6. The average molecular weight is 491 g/mol. The van der Waals surface area contributed by atoms with Crippen LogP contribution in [0.25, 0.3) is 0 Å². The summed E-state index contributed by atoms with van der Waals surface area (Å²) in [6, 6.07) is 0. The van der Waals surface area contributed by atoms with E-state index in [1.54, 1.807) is 0 Å². The van der Waals surface area contributed by atoms with Gasteiger partial charge in [0.1, 0.15) is 0 Å². The third kappa shape index (κ3) is 20.0. The van der Waals surface area contributed by atoms with E-state index in [1.165, 1.54) is 77.0 Å². The van der Waals surface area contributed by atoms with Crippen molar-refractivity contribution in [1.82, 2.24) is 0 Å². The molecule has 0 spiro atoms. The summed E-state index contributed by atoms with van der Waals surface area (Å²) in [5.74, 6) is 0.842. The van der Waals surface area contributed by atoms with E-state index in [9.17, 15) is 4.57 Å². The van der Waals surface area contributed by atoms with Gasteiger partial charge in [0.2, 0.25) is 0 Å². The van der Waals surface area contributed by atoms with Crippen LogP contribution in [0.5, 0.6) is 0 Å². The van der Waals surface area contributed by atoms with Crippen LogP contribution in [0.15, 0.2) is 0 Å². The van der Waals surface area contributed by atoms with E-state index in [2.05, 4.69) is 34.6 Å². The Kier molecular flexibility index (Phi) is 23.9. The van der Waals surface area contributed by atoms with E-state index in [0.29, 0.717) is 31.7 Å². The molecule has 0 heterocycles. The van der Waals surface area contributed by atoms with Gasteiger partial charge in [-0.25, -0.2) is 4.57 Å². The highest BCUT2D eigenvalue weighted by atomic mass is 31.2. The lowest BCUT2D eigenvalue weighted by molar-refractivity contribution is 0.0832. The Morgan fingerprint density at radius 3 is 1.30 bits per heavy atom. The van der Waals surface area contributed by atoms with E-state index >= 15 is 0 Å². The van der Waals surface area contributed by atoms with Gasteiger partial charge < -0.3 is 0 Å². The molecule has 33 heavy (non-hydrogen) atoms. The van der Waals surface area contributed by atoms with Gasteiger partial charge in [0.15, 0.2) is 0 Å². The van der Waals surface area contributed by atoms with Crippen molar-refractivity contribution in [2.45, 2.75) is 150 Å². The van der Waals surface area contributed by atoms with Crippen molar-refractivity contribution in [2.24, 2.45) is 11.8 Å². The third-order valence-electron chi connectivity index (χ3n) is 6.77. The molecule has 0 amide bonds. The standard InChI is InChI=1S/C28H59O4P/c1-6-11-14-15-16-17-18-19-20-21-24-30-33(29,31-25-27(9-4)22-12-7-2)32-26-28(10-5)23-13-8-3/h27-28H,6-26H2,1-5H3. The number of unbranched alkanes of at least 4 members (excludes halogenated alkanes) is 11. The van der Waals surface area contributed by atoms with Crippen molar-refractivity contribution in [1.29, 1.82) is 0 Å². The van der Waals surface area contributed by atoms with E-state index in [0.717, 1.165) is 38.5 Å². The zero-order valence-electron chi connectivity index (χ0n) is 23.1. The molecule has 0 saturated carbocycles. The topological polar surface area (TPSA) is 44.8 Å². The van der Waals surface area contributed by atoms with Crippen LogP contribution in [0, 0.1) is 11.8 Å². The van der Waals surface area contributed by atoms with E-state index in [4.69, 9.17) is 13.6 Å². The Hall–Kier alpha value is 0.110. The molecule has 0 aliphatic rings. The van der Waals surface area contributed by atoms with Gasteiger partial charge in [-0.2, -0.15) is 0 Å². The summed E-state index contributed by atoms with van der Waals surface area (Å²) in [6.45, 7) is 12.4. The minimum Gasteiger partial charge on any atom is -0.287 e. The molecule has 0 rings (SSSR count). The van der Waals surface area contributed by atoms with Crippen molar-refractivity contribution in [3.8, 4) is 0 Å². The van der Waals surface area contributed by atoms with Crippen LogP contribution in [-0.2, 0) is 18.1 Å². The van der Waals surface area contributed by atoms with Crippen molar-refractivity contribution in [3.63, 3.8) is 0 Å². The van der Waals surface area contributed by atoms with Crippen LogP contribution in [0.4, 0.5) is 0 Å². The van der Waals surface area contributed by atoms with Gasteiger partial charge in [0, 0.05) is 0 Å². The highest BCUT2D eigenvalue weighted by Gasteiger charge is 2.29. The van der Waals surface area contributed by atoms with Gasteiger partial charge in [0.25, 0.3) is 0 Å². The highest BCUT2D eigenvalue weighted by molar-refractivity contribution is 7.48. The number of phosphoric acid groups is 1. The first-order valence-electron chi connectivity index (χ1n) is 14.6.